The second-order valence-electron chi connectivity index (χ2n) is 4.49. The lowest BCUT2D eigenvalue weighted by Gasteiger charge is -2.06. The standard InChI is InChI=1S/C14H16F3N3/c1-2-18-9-11-3-5-12(6-4-11)10-20-8-7-13(19-20)14(15,16)17/h3-8,18H,2,9-10H2,1H3. The van der Waals surface area contributed by atoms with E-state index in [4.69, 9.17) is 0 Å². The minimum Gasteiger partial charge on any atom is -0.313 e. The monoisotopic (exact) mass is 283 g/mol. The predicted octanol–water partition coefficient (Wildman–Crippen LogP) is 3.06. The summed E-state index contributed by atoms with van der Waals surface area (Å²) in [4.78, 5) is 0. The Hall–Kier alpha value is -1.82. The van der Waals surface area contributed by atoms with Crippen molar-refractivity contribution in [3.63, 3.8) is 0 Å². The highest BCUT2D eigenvalue weighted by Crippen LogP contribution is 2.27. The second kappa shape index (κ2) is 6.09. The molecule has 1 heterocycles. The van der Waals surface area contributed by atoms with Gasteiger partial charge in [-0.2, -0.15) is 18.3 Å². The van der Waals surface area contributed by atoms with Gasteiger partial charge in [-0.05, 0) is 23.7 Å². The Bertz CT molecular complexity index is 544. The number of rotatable bonds is 5. The number of alkyl halides is 3. The molecule has 0 fully saturated rings. The summed E-state index contributed by atoms with van der Waals surface area (Å²) in [6.45, 7) is 4.05. The van der Waals surface area contributed by atoms with Gasteiger partial charge in [0.1, 0.15) is 0 Å². The van der Waals surface area contributed by atoms with Crippen molar-refractivity contribution in [3.8, 4) is 0 Å². The molecule has 0 atom stereocenters. The first-order chi connectivity index (χ1) is 9.49. The van der Waals surface area contributed by atoms with Gasteiger partial charge in [-0.25, -0.2) is 0 Å². The van der Waals surface area contributed by atoms with Crippen molar-refractivity contribution in [2.45, 2.75) is 26.2 Å². The second-order valence-corrected chi connectivity index (χ2v) is 4.49. The molecule has 3 nitrogen and oxygen atoms in total. The fourth-order valence-corrected chi connectivity index (χ4v) is 1.82. The Morgan fingerprint density at radius 3 is 2.30 bits per heavy atom. The van der Waals surface area contributed by atoms with Crippen LogP contribution in [-0.4, -0.2) is 16.3 Å². The van der Waals surface area contributed by atoms with Crippen molar-refractivity contribution < 1.29 is 13.2 Å². The third kappa shape index (κ3) is 3.84. The SMILES string of the molecule is CCNCc1ccc(Cn2ccc(C(F)(F)F)n2)cc1. The van der Waals surface area contributed by atoms with Gasteiger partial charge in [0, 0.05) is 12.7 Å². The molecule has 0 saturated carbocycles. The van der Waals surface area contributed by atoms with E-state index in [-0.39, 0.29) is 0 Å². The number of halogens is 3. The van der Waals surface area contributed by atoms with Crippen molar-refractivity contribution >= 4 is 0 Å². The highest BCUT2D eigenvalue weighted by molar-refractivity contribution is 5.22. The lowest BCUT2D eigenvalue weighted by atomic mass is 10.1. The minimum absolute atomic E-state index is 0.331. The predicted molar refractivity (Wildman–Crippen MR) is 70.2 cm³/mol. The van der Waals surface area contributed by atoms with Crippen LogP contribution >= 0.6 is 0 Å². The normalized spacial score (nSPS) is 11.8. The van der Waals surface area contributed by atoms with E-state index in [1.807, 2.05) is 31.2 Å². The average molecular weight is 283 g/mol. The number of benzene rings is 1. The quantitative estimate of drug-likeness (QED) is 0.914. The van der Waals surface area contributed by atoms with E-state index < -0.39 is 11.9 Å². The summed E-state index contributed by atoms with van der Waals surface area (Å²) in [5, 5.41) is 6.74. The molecule has 0 unspecified atom stereocenters. The number of hydrogen-bond acceptors (Lipinski definition) is 2. The van der Waals surface area contributed by atoms with Crippen LogP contribution in [0.3, 0.4) is 0 Å². The van der Waals surface area contributed by atoms with Crippen LogP contribution in [0.5, 0.6) is 0 Å². The van der Waals surface area contributed by atoms with Crippen LogP contribution in [0.4, 0.5) is 13.2 Å². The van der Waals surface area contributed by atoms with Gasteiger partial charge in [0.2, 0.25) is 0 Å². The summed E-state index contributed by atoms with van der Waals surface area (Å²) < 4.78 is 38.6. The molecule has 0 bridgehead atoms. The molecule has 1 aromatic carbocycles. The van der Waals surface area contributed by atoms with E-state index in [2.05, 4.69) is 10.4 Å². The Labute approximate surface area is 115 Å². The summed E-state index contributed by atoms with van der Waals surface area (Å²) in [6, 6.07) is 8.72. The molecule has 1 N–H and O–H groups in total. The number of hydrogen-bond donors (Lipinski definition) is 1. The average Bonchev–Trinajstić information content (AvgIpc) is 2.86. The smallest absolute Gasteiger partial charge is 0.313 e. The maximum atomic E-state index is 12.4. The summed E-state index contributed by atoms with van der Waals surface area (Å²) >= 11 is 0. The largest absolute Gasteiger partial charge is 0.435 e. The van der Waals surface area contributed by atoms with Crippen LogP contribution in [0.1, 0.15) is 23.7 Å². The van der Waals surface area contributed by atoms with Gasteiger partial charge in [0.25, 0.3) is 0 Å². The fourth-order valence-electron chi connectivity index (χ4n) is 1.82. The van der Waals surface area contributed by atoms with Crippen molar-refractivity contribution in [1.29, 1.82) is 0 Å². The molecule has 0 saturated heterocycles. The van der Waals surface area contributed by atoms with E-state index in [1.54, 1.807) is 0 Å². The molecule has 0 amide bonds. The summed E-state index contributed by atoms with van der Waals surface area (Å²) in [5.41, 5.74) is 1.20. The summed E-state index contributed by atoms with van der Waals surface area (Å²) in [6.07, 6.45) is -3.05. The Morgan fingerprint density at radius 1 is 1.10 bits per heavy atom. The van der Waals surface area contributed by atoms with Crippen molar-refractivity contribution in [3.05, 3.63) is 53.3 Å². The van der Waals surface area contributed by atoms with Gasteiger partial charge in [0.15, 0.2) is 5.69 Å². The van der Waals surface area contributed by atoms with Gasteiger partial charge < -0.3 is 5.32 Å². The maximum Gasteiger partial charge on any atom is 0.435 e. The zero-order chi connectivity index (χ0) is 14.6. The first kappa shape index (κ1) is 14.6. The lowest BCUT2D eigenvalue weighted by Crippen LogP contribution is -2.11. The first-order valence-electron chi connectivity index (χ1n) is 6.38. The molecule has 108 valence electrons. The molecular formula is C14H16F3N3. The van der Waals surface area contributed by atoms with Crippen molar-refractivity contribution in [2.24, 2.45) is 0 Å². The fraction of sp³-hybridized carbons (Fsp3) is 0.357. The third-order valence-corrected chi connectivity index (χ3v) is 2.88. The lowest BCUT2D eigenvalue weighted by molar-refractivity contribution is -0.141. The van der Waals surface area contributed by atoms with Gasteiger partial charge >= 0.3 is 6.18 Å². The third-order valence-electron chi connectivity index (χ3n) is 2.88. The van der Waals surface area contributed by atoms with E-state index in [0.29, 0.717) is 6.54 Å². The Balaban J connectivity index is 2.01. The van der Waals surface area contributed by atoms with Crippen molar-refractivity contribution in [2.75, 3.05) is 6.54 Å². The highest BCUT2D eigenvalue weighted by Gasteiger charge is 2.33. The molecule has 0 spiro atoms. The molecule has 2 rings (SSSR count). The topological polar surface area (TPSA) is 29.9 Å². The molecule has 2 aromatic rings. The highest BCUT2D eigenvalue weighted by atomic mass is 19.4. The Morgan fingerprint density at radius 2 is 1.75 bits per heavy atom. The zero-order valence-corrected chi connectivity index (χ0v) is 11.1. The molecular weight excluding hydrogens is 267 g/mol. The first-order valence-corrected chi connectivity index (χ1v) is 6.38. The van der Waals surface area contributed by atoms with E-state index in [9.17, 15) is 13.2 Å². The van der Waals surface area contributed by atoms with E-state index in [0.717, 1.165) is 30.3 Å². The van der Waals surface area contributed by atoms with Crippen molar-refractivity contribution in [1.82, 2.24) is 15.1 Å². The van der Waals surface area contributed by atoms with Gasteiger partial charge in [-0.1, -0.05) is 31.2 Å². The molecule has 20 heavy (non-hydrogen) atoms. The molecule has 0 aliphatic rings. The summed E-state index contributed by atoms with van der Waals surface area (Å²) in [5.74, 6) is 0. The molecule has 0 aliphatic heterocycles. The van der Waals surface area contributed by atoms with Gasteiger partial charge in [-0.3, -0.25) is 4.68 Å². The zero-order valence-electron chi connectivity index (χ0n) is 11.1. The van der Waals surface area contributed by atoms with E-state index in [1.165, 1.54) is 10.9 Å². The van der Waals surface area contributed by atoms with Crippen LogP contribution in [-0.2, 0) is 19.3 Å². The minimum atomic E-state index is -4.39. The van der Waals surface area contributed by atoms with Crippen LogP contribution < -0.4 is 5.32 Å². The maximum absolute atomic E-state index is 12.4. The number of nitrogens with zero attached hydrogens (tertiary/aromatic N) is 2. The molecule has 6 heteroatoms. The van der Waals surface area contributed by atoms with Gasteiger partial charge in [-0.15, -0.1) is 0 Å². The van der Waals surface area contributed by atoms with Crippen LogP contribution in [0.2, 0.25) is 0 Å². The number of nitrogens with one attached hydrogen (secondary N) is 1. The Kier molecular flexibility index (Phi) is 4.44. The van der Waals surface area contributed by atoms with E-state index >= 15 is 0 Å². The summed E-state index contributed by atoms with van der Waals surface area (Å²) in [7, 11) is 0. The molecule has 0 radical (unpaired) electrons. The van der Waals surface area contributed by atoms with Crippen LogP contribution in [0, 0.1) is 0 Å². The van der Waals surface area contributed by atoms with Crippen LogP contribution in [0.25, 0.3) is 0 Å². The molecule has 1 aromatic heterocycles. The molecule has 0 aliphatic carbocycles. The van der Waals surface area contributed by atoms with Gasteiger partial charge in [0.05, 0.1) is 6.54 Å². The van der Waals surface area contributed by atoms with Crippen LogP contribution in [0.15, 0.2) is 36.5 Å². The number of aromatic nitrogens is 2.